The zero-order chi connectivity index (χ0) is 21.2. The molecule has 0 bridgehead atoms. The molecule has 1 fully saturated rings. The first-order valence-electron chi connectivity index (χ1n) is 9.47. The number of carbonyl (C=O) groups is 1. The Kier molecular flexibility index (Phi) is 3.93. The van der Waals surface area contributed by atoms with E-state index in [4.69, 9.17) is 10.5 Å². The summed E-state index contributed by atoms with van der Waals surface area (Å²) in [5, 5.41) is 8.42. The summed E-state index contributed by atoms with van der Waals surface area (Å²) >= 11 is 0. The molecule has 1 amide bonds. The highest BCUT2D eigenvalue weighted by Crippen LogP contribution is 2.53. The van der Waals surface area contributed by atoms with E-state index in [0.717, 1.165) is 18.9 Å². The summed E-state index contributed by atoms with van der Waals surface area (Å²) in [6.07, 6.45) is -0.134. The van der Waals surface area contributed by atoms with Crippen molar-refractivity contribution in [2.75, 3.05) is 0 Å². The van der Waals surface area contributed by atoms with Crippen molar-refractivity contribution in [3.05, 3.63) is 65.0 Å². The highest BCUT2D eigenvalue weighted by molar-refractivity contribution is 5.93. The Morgan fingerprint density at radius 3 is 2.53 bits per heavy atom. The summed E-state index contributed by atoms with van der Waals surface area (Å²) in [6, 6.07) is 8.15. The molecule has 5 rings (SSSR count). The van der Waals surface area contributed by atoms with Gasteiger partial charge in [0.05, 0.1) is 0 Å². The summed E-state index contributed by atoms with van der Waals surface area (Å²) < 4.78 is 50.8. The van der Waals surface area contributed by atoms with Crippen LogP contribution in [0.4, 0.5) is 13.2 Å². The average Bonchev–Trinajstić information content (AvgIpc) is 3.40. The molecule has 6 nitrogen and oxygen atoms in total. The maximum absolute atomic E-state index is 15.4. The van der Waals surface area contributed by atoms with E-state index in [0.29, 0.717) is 23.0 Å². The quantitative estimate of drug-likeness (QED) is 0.700. The third kappa shape index (κ3) is 2.68. The number of primary amides is 1. The minimum Gasteiger partial charge on any atom is -0.473 e. The lowest BCUT2D eigenvalue weighted by Crippen LogP contribution is -2.33. The Morgan fingerprint density at radius 1 is 1.20 bits per heavy atom. The van der Waals surface area contributed by atoms with E-state index < -0.39 is 29.3 Å². The maximum Gasteiger partial charge on any atom is 0.248 e. The van der Waals surface area contributed by atoms with Gasteiger partial charge in [0, 0.05) is 28.8 Å². The van der Waals surface area contributed by atoms with Gasteiger partial charge < -0.3 is 15.0 Å². The number of carbonyl (C=O) groups excluding carboxylic acids is 1. The molecule has 2 N–H and O–H groups in total. The van der Waals surface area contributed by atoms with Crippen LogP contribution >= 0.6 is 0 Å². The van der Waals surface area contributed by atoms with Crippen LogP contribution in [0.2, 0.25) is 0 Å². The zero-order valence-corrected chi connectivity index (χ0v) is 15.9. The average molecular weight is 414 g/mol. The Morgan fingerprint density at radius 2 is 1.90 bits per heavy atom. The Bertz CT molecular complexity index is 1170. The summed E-state index contributed by atoms with van der Waals surface area (Å²) in [4.78, 5) is 11.3. The Balaban J connectivity index is 1.61. The number of hydrogen-bond donors (Lipinski definition) is 1. The molecule has 2 unspecified atom stereocenters. The minimum atomic E-state index is -1.83. The molecule has 9 heteroatoms. The number of nitrogens with two attached hydrogens (primary N) is 1. The molecule has 2 aromatic carbocycles. The number of benzene rings is 2. The van der Waals surface area contributed by atoms with Gasteiger partial charge in [-0.25, -0.2) is 13.2 Å². The fraction of sp³-hybridized carbons (Fsp3) is 0.286. The lowest BCUT2D eigenvalue weighted by atomic mass is 9.95. The largest absolute Gasteiger partial charge is 0.473 e. The van der Waals surface area contributed by atoms with Crippen molar-refractivity contribution in [3.63, 3.8) is 0 Å². The van der Waals surface area contributed by atoms with Crippen molar-refractivity contribution in [1.82, 2.24) is 14.8 Å². The van der Waals surface area contributed by atoms with E-state index in [1.165, 1.54) is 6.92 Å². The van der Waals surface area contributed by atoms with Crippen LogP contribution in [0.25, 0.3) is 11.4 Å². The van der Waals surface area contributed by atoms with Gasteiger partial charge >= 0.3 is 0 Å². The number of halogens is 3. The van der Waals surface area contributed by atoms with Gasteiger partial charge in [-0.2, -0.15) is 0 Å². The summed E-state index contributed by atoms with van der Waals surface area (Å²) in [5.74, 6) is -2.03. The first kappa shape index (κ1) is 18.7. The van der Waals surface area contributed by atoms with Crippen LogP contribution in [0, 0.1) is 11.6 Å². The third-order valence-corrected chi connectivity index (χ3v) is 5.59. The van der Waals surface area contributed by atoms with Crippen LogP contribution in [-0.4, -0.2) is 20.7 Å². The molecule has 0 saturated heterocycles. The smallest absolute Gasteiger partial charge is 0.248 e. The van der Waals surface area contributed by atoms with Crippen LogP contribution in [0.1, 0.15) is 53.7 Å². The molecule has 1 aromatic heterocycles. The topological polar surface area (TPSA) is 83.0 Å². The fourth-order valence-corrected chi connectivity index (χ4v) is 3.88. The third-order valence-electron chi connectivity index (χ3n) is 5.59. The second kappa shape index (κ2) is 6.32. The lowest BCUT2D eigenvalue weighted by Gasteiger charge is -2.26. The van der Waals surface area contributed by atoms with Crippen molar-refractivity contribution in [3.8, 4) is 17.1 Å². The highest BCUT2D eigenvalue weighted by Gasteiger charge is 2.53. The number of amides is 1. The van der Waals surface area contributed by atoms with Crippen molar-refractivity contribution in [2.45, 2.75) is 37.6 Å². The number of ether oxygens (including phenoxy) is 1. The number of hydrogen-bond acceptors (Lipinski definition) is 4. The summed E-state index contributed by atoms with van der Waals surface area (Å²) in [6.45, 7) is 1.46. The number of fused-ring (bicyclic) bond motifs is 1. The molecule has 154 valence electrons. The van der Waals surface area contributed by atoms with Gasteiger partial charge in [0.1, 0.15) is 5.82 Å². The Hall–Kier alpha value is -3.36. The number of aromatic nitrogens is 3. The second-order valence-corrected chi connectivity index (χ2v) is 7.77. The maximum atomic E-state index is 15.4. The number of rotatable bonds is 4. The van der Waals surface area contributed by atoms with E-state index in [9.17, 15) is 13.6 Å². The standard InChI is InChI=1S/C21H17F3N4O2/c1-21(17(24)14-8-12(22)9-15(23)16(14)30-21)20-27-26-19(28(20)13-6-7-13)11-4-2-10(3-5-11)18(25)29/h2-5,8-9,13,17H,6-7H2,1H3,(H2,25,29). The predicted octanol–water partition coefficient (Wildman–Crippen LogP) is 3.98. The molecular weight excluding hydrogens is 397 g/mol. The molecule has 1 aliphatic carbocycles. The Labute approximate surface area is 169 Å². The van der Waals surface area contributed by atoms with Gasteiger partial charge in [-0.05, 0) is 38.0 Å². The van der Waals surface area contributed by atoms with E-state index in [2.05, 4.69) is 10.2 Å². The first-order valence-corrected chi connectivity index (χ1v) is 9.47. The van der Waals surface area contributed by atoms with Gasteiger partial charge in [0.25, 0.3) is 0 Å². The van der Waals surface area contributed by atoms with Crippen LogP contribution in [0.5, 0.6) is 5.75 Å². The van der Waals surface area contributed by atoms with Crippen LogP contribution in [0.3, 0.4) is 0 Å². The molecule has 1 saturated carbocycles. The fourth-order valence-electron chi connectivity index (χ4n) is 3.88. The monoisotopic (exact) mass is 414 g/mol. The summed E-state index contributed by atoms with van der Waals surface area (Å²) in [7, 11) is 0. The lowest BCUT2D eigenvalue weighted by molar-refractivity contribution is 0.0176. The number of alkyl halides is 1. The van der Waals surface area contributed by atoms with E-state index >= 15 is 4.39 Å². The SMILES string of the molecule is CC1(c2nnc(-c3ccc(C(N)=O)cc3)n2C2CC2)Oc2c(F)cc(F)cc2C1F. The van der Waals surface area contributed by atoms with Crippen molar-refractivity contribution < 1.29 is 22.7 Å². The highest BCUT2D eigenvalue weighted by atomic mass is 19.1. The normalized spacial score (nSPS) is 22.6. The minimum absolute atomic E-state index is 0.0405. The van der Waals surface area contributed by atoms with Gasteiger partial charge in [0.2, 0.25) is 11.5 Å². The van der Waals surface area contributed by atoms with Gasteiger partial charge in [-0.3, -0.25) is 4.79 Å². The van der Waals surface area contributed by atoms with Crippen LogP contribution in [-0.2, 0) is 5.60 Å². The van der Waals surface area contributed by atoms with Crippen molar-refractivity contribution >= 4 is 5.91 Å². The molecule has 2 atom stereocenters. The molecular formula is C21H17F3N4O2. The van der Waals surface area contributed by atoms with E-state index in [1.807, 2.05) is 0 Å². The number of nitrogens with zero attached hydrogens (tertiary/aromatic N) is 3. The van der Waals surface area contributed by atoms with Crippen LogP contribution < -0.4 is 10.5 Å². The molecule has 1 aliphatic heterocycles. The molecule has 2 aliphatic rings. The van der Waals surface area contributed by atoms with Crippen molar-refractivity contribution in [2.24, 2.45) is 5.73 Å². The van der Waals surface area contributed by atoms with Gasteiger partial charge in [-0.15, -0.1) is 10.2 Å². The molecule has 0 radical (unpaired) electrons. The first-order chi connectivity index (χ1) is 14.3. The summed E-state index contributed by atoms with van der Waals surface area (Å²) in [5.41, 5.74) is 4.44. The van der Waals surface area contributed by atoms with Crippen LogP contribution in [0.15, 0.2) is 36.4 Å². The molecule has 2 heterocycles. The van der Waals surface area contributed by atoms with Crippen molar-refractivity contribution in [1.29, 1.82) is 0 Å². The van der Waals surface area contributed by atoms with Gasteiger partial charge in [0.15, 0.2) is 29.4 Å². The van der Waals surface area contributed by atoms with E-state index in [1.54, 1.807) is 28.8 Å². The predicted molar refractivity (Wildman–Crippen MR) is 100 cm³/mol. The van der Waals surface area contributed by atoms with E-state index in [-0.39, 0.29) is 23.2 Å². The van der Waals surface area contributed by atoms with Gasteiger partial charge in [-0.1, -0.05) is 12.1 Å². The zero-order valence-electron chi connectivity index (χ0n) is 15.9. The second-order valence-electron chi connectivity index (χ2n) is 7.77. The molecule has 30 heavy (non-hydrogen) atoms. The molecule has 0 spiro atoms. The molecule has 3 aromatic rings.